The third-order valence-corrected chi connectivity index (χ3v) is 3.19. The summed E-state index contributed by atoms with van der Waals surface area (Å²) in [6.07, 6.45) is 1.20. The van der Waals surface area contributed by atoms with E-state index < -0.39 is 9.84 Å². The van der Waals surface area contributed by atoms with Gasteiger partial charge in [0.2, 0.25) is 0 Å². The number of sulfone groups is 1. The smallest absolute Gasteiger partial charge is 0.175 e. The maximum absolute atomic E-state index is 11.3. The van der Waals surface area contributed by atoms with Gasteiger partial charge >= 0.3 is 0 Å². The lowest BCUT2D eigenvalue weighted by molar-refractivity contribution is 0.425. The zero-order valence-electron chi connectivity index (χ0n) is 9.82. The van der Waals surface area contributed by atoms with Crippen molar-refractivity contribution in [2.45, 2.75) is 4.90 Å². The minimum absolute atomic E-state index is 0.318. The number of nitrogens with one attached hydrogen (secondary N) is 1. The van der Waals surface area contributed by atoms with E-state index in [0.29, 0.717) is 10.6 Å². The predicted octanol–water partition coefficient (Wildman–Crippen LogP) is 0.864. The highest BCUT2D eigenvalue weighted by Gasteiger charge is 2.06. The SMILES string of the molecule is CN(C)CCNc1[c]ccc(S(C)(=O)=O)c1. The van der Waals surface area contributed by atoms with E-state index in [2.05, 4.69) is 11.4 Å². The van der Waals surface area contributed by atoms with Crippen LogP contribution >= 0.6 is 0 Å². The molecule has 1 N–H and O–H groups in total. The molecule has 0 heterocycles. The van der Waals surface area contributed by atoms with Gasteiger partial charge in [-0.1, -0.05) is 6.07 Å². The number of anilines is 1. The maximum Gasteiger partial charge on any atom is 0.175 e. The standard InChI is InChI=1S/C11H17N2O2S/c1-13(2)8-7-12-10-5-4-6-11(9-10)16(3,14)15/h4,6,9,12H,7-8H2,1-3H3. The molecule has 1 aromatic rings. The van der Waals surface area contributed by atoms with E-state index in [1.807, 2.05) is 19.0 Å². The Kier molecular flexibility index (Phi) is 4.32. The Morgan fingerprint density at radius 2 is 2.12 bits per heavy atom. The molecule has 0 spiro atoms. The fourth-order valence-corrected chi connectivity index (χ4v) is 1.84. The molecule has 0 atom stereocenters. The largest absolute Gasteiger partial charge is 0.383 e. The Morgan fingerprint density at radius 1 is 1.44 bits per heavy atom. The van der Waals surface area contributed by atoms with Gasteiger partial charge in [-0.15, -0.1) is 0 Å². The van der Waals surface area contributed by atoms with Crippen LogP contribution in [0.3, 0.4) is 0 Å². The number of benzene rings is 1. The number of hydrogen-bond donors (Lipinski definition) is 1. The highest BCUT2D eigenvalue weighted by Crippen LogP contribution is 2.14. The van der Waals surface area contributed by atoms with Crippen LogP contribution in [0.5, 0.6) is 0 Å². The van der Waals surface area contributed by atoms with E-state index in [1.165, 1.54) is 6.26 Å². The van der Waals surface area contributed by atoms with E-state index in [9.17, 15) is 8.42 Å². The monoisotopic (exact) mass is 241 g/mol. The molecule has 0 aliphatic rings. The third kappa shape index (κ3) is 4.20. The summed E-state index contributed by atoms with van der Waals surface area (Å²) in [7, 11) is 0.832. The molecule has 1 rings (SSSR count). The van der Waals surface area contributed by atoms with Crippen LogP contribution in [0.25, 0.3) is 0 Å². The molecule has 0 aliphatic carbocycles. The van der Waals surface area contributed by atoms with Gasteiger partial charge in [0.1, 0.15) is 0 Å². The van der Waals surface area contributed by atoms with Gasteiger partial charge in [0, 0.05) is 31.1 Å². The lowest BCUT2D eigenvalue weighted by Crippen LogP contribution is -2.20. The second-order valence-electron chi connectivity index (χ2n) is 3.94. The molecule has 5 heteroatoms. The van der Waals surface area contributed by atoms with Gasteiger partial charge in [-0.05, 0) is 26.2 Å². The highest BCUT2D eigenvalue weighted by atomic mass is 32.2. The van der Waals surface area contributed by atoms with Crippen molar-refractivity contribution in [2.75, 3.05) is 38.8 Å². The summed E-state index contributed by atoms with van der Waals surface area (Å²) < 4.78 is 22.6. The zero-order chi connectivity index (χ0) is 12.2. The number of hydrogen-bond acceptors (Lipinski definition) is 4. The Labute approximate surface area is 97.2 Å². The molecule has 0 saturated heterocycles. The van der Waals surface area contributed by atoms with Crippen LogP contribution in [0.4, 0.5) is 5.69 Å². The lowest BCUT2D eigenvalue weighted by Gasteiger charge is -2.11. The van der Waals surface area contributed by atoms with Crippen LogP contribution in [0.2, 0.25) is 0 Å². The summed E-state index contributed by atoms with van der Waals surface area (Å²) in [6.45, 7) is 1.65. The van der Waals surface area contributed by atoms with Crippen LogP contribution in [0.15, 0.2) is 23.1 Å². The predicted molar refractivity (Wildman–Crippen MR) is 65.4 cm³/mol. The van der Waals surface area contributed by atoms with Crippen LogP contribution in [-0.2, 0) is 9.84 Å². The van der Waals surface area contributed by atoms with Crippen LogP contribution in [0, 0.1) is 6.07 Å². The van der Waals surface area contributed by atoms with Crippen molar-refractivity contribution in [3.05, 3.63) is 24.3 Å². The Morgan fingerprint density at radius 3 is 2.69 bits per heavy atom. The second kappa shape index (κ2) is 5.32. The molecule has 0 amide bonds. The summed E-state index contributed by atoms with van der Waals surface area (Å²) in [5.41, 5.74) is 0.713. The summed E-state index contributed by atoms with van der Waals surface area (Å²) in [5.74, 6) is 0. The molecule has 0 fully saturated rings. The molecular formula is C11H17N2O2S. The van der Waals surface area contributed by atoms with Gasteiger partial charge < -0.3 is 10.2 Å². The average Bonchev–Trinajstić information content (AvgIpc) is 2.16. The molecule has 0 unspecified atom stereocenters. The van der Waals surface area contributed by atoms with Crippen molar-refractivity contribution in [3.8, 4) is 0 Å². The quantitative estimate of drug-likeness (QED) is 0.831. The molecule has 1 aromatic carbocycles. The van der Waals surface area contributed by atoms with Gasteiger partial charge in [-0.25, -0.2) is 8.42 Å². The summed E-state index contributed by atoms with van der Waals surface area (Å²) in [6, 6.07) is 7.73. The van der Waals surface area contributed by atoms with Crippen molar-refractivity contribution in [2.24, 2.45) is 0 Å². The van der Waals surface area contributed by atoms with E-state index in [-0.39, 0.29) is 0 Å². The number of likely N-dealkylation sites (N-methyl/N-ethyl adjacent to an activating group) is 1. The molecule has 0 saturated carbocycles. The molecule has 16 heavy (non-hydrogen) atoms. The first-order chi connectivity index (χ1) is 7.39. The number of rotatable bonds is 5. The van der Waals surface area contributed by atoms with Crippen molar-refractivity contribution in [3.63, 3.8) is 0 Å². The van der Waals surface area contributed by atoms with Gasteiger partial charge in [-0.3, -0.25) is 0 Å². The Balaban J connectivity index is 2.69. The van der Waals surface area contributed by atoms with Gasteiger partial charge in [-0.2, -0.15) is 0 Å². The first-order valence-electron chi connectivity index (χ1n) is 5.00. The van der Waals surface area contributed by atoms with Gasteiger partial charge in [0.25, 0.3) is 0 Å². The fraction of sp³-hybridized carbons (Fsp3) is 0.455. The molecular weight excluding hydrogens is 224 g/mol. The summed E-state index contributed by atoms with van der Waals surface area (Å²) in [5, 5.41) is 3.13. The normalized spacial score (nSPS) is 11.8. The molecule has 4 nitrogen and oxygen atoms in total. The Hall–Kier alpha value is -1.07. The third-order valence-electron chi connectivity index (χ3n) is 2.08. The van der Waals surface area contributed by atoms with E-state index >= 15 is 0 Å². The highest BCUT2D eigenvalue weighted by molar-refractivity contribution is 7.90. The first kappa shape index (κ1) is 13.0. The summed E-state index contributed by atoms with van der Waals surface area (Å²) in [4.78, 5) is 2.37. The zero-order valence-corrected chi connectivity index (χ0v) is 10.6. The van der Waals surface area contributed by atoms with Crippen LogP contribution in [0.1, 0.15) is 0 Å². The van der Waals surface area contributed by atoms with E-state index in [0.717, 1.165) is 13.1 Å². The van der Waals surface area contributed by atoms with Crippen molar-refractivity contribution >= 4 is 15.5 Å². The molecule has 1 radical (unpaired) electrons. The maximum atomic E-state index is 11.3. The Bertz CT molecular complexity index is 441. The first-order valence-corrected chi connectivity index (χ1v) is 6.89. The average molecular weight is 241 g/mol. The lowest BCUT2D eigenvalue weighted by atomic mass is 10.3. The topological polar surface area (TPSA) is 49.4 Å². The molecule has 0 aliphatic heterocycles. The minimum atomic E-state index is -3.14. The van der Waals surface area contributed by atoms with Crippen LogP contribution < -0.4 is 5.32 Å². The van der Waals surface area contributed by atoms with Gasteiger partial charge in [0.15, 0.2) is 9.84 Å². The van der Waals surface area contributed by atoms with E-state index in [4.69, 9.17) is 0 Å². The minimum Gasteiger partial charge on any atom is -0.383 e. The molecule has 89 valence electrons. The van der Waals surface area contributed by atoms with Crippen molar-refractivity contribution in [1.29, 1.82) is 0 Å². The van der Waals surface area contributed by atoms with Crippen molar-refractivity contribution in [1.82, 2.24) is 4.90 Å². The second-order valence-corrected chi connectivity index (χ2v) is 5.96. The van der Waals surface area contributed by atoms with Gasteiger partial charge in [0.05, 0.1) is 4.90 Å². The van der Waals surface area contributed by atoms with Crippen molar-refractivity contribution < 1.29 is 8.42 Å². The molecule has 0 bridgehead atoms. The van der Waals surface area contributed by atoms with Crippen LogP contribution in [-0.4, -0.2) is 46.8 Å². The number of nitrogens with zero attached hydrogens (tertiary/aromatic N) is 1. The van der Waals surface area contributed by atoms with E-state index in [1.54, 1.807) is 18.2 Å². The molecule has 0 aromatic heterocycles. The summed E-state index contributed by atoms with van der Waals surface area (Å²) >= 11 is 0. The fourth-order valence-electron chi connectivity index (χ4n) is 1.19.